The number of urea groups is 1. The van der Waals surface area contributed by atoms with Gasteiger partial charge in [-0.05, 0) is 30.7 Å². The van der Waals surface area contributed by atoms with Gasteiger partial charge in [0.25, 0.3) is 11.6 Å². The Kier molecular flexibility index (Phi) is 5.72. The van der Waals surface area contributed by atoms with Crippen molar-refractivity contribution in [2.75, 3.05) is 31.5 Å². The molecule has 10 nitrogen and oxygen atoms in total. The molecule has 2 N–H and O–H groups in total. The Morgan fingerprint density at radius 1 is 1.10 bits per heavy atom. The second-order valence-electron chi connectivity index (χ2n) is 7.13. The SMILES string of the molecule is O=C(Nc1cccc(Cl)c1)N1CCCN(C(=O)c2n[nH]c3ccc([N+](=O)[O-])cc23)CC1. The van der Waals surface area contributed by atoms with E-state index in [0.29, 0.717) is 54.2 Å². The number of fused-ring (bicyclic) bond motifs is 1. The van der Waals surface area contributed by atoms with Gasteiger partial charge in [0.15, 0.2) is 5.69 Å². The van der Waals surface area contributed by atoms with Gasteiger partial charge in [0.2, 0.25) is 0 Å². The number of carbonyl (C=O) groups excluding carboxylic acids is 2. The average Bonchev–Trinajstić information content (AvgIpc) is 3.00. The van der Waals surface area contributed by atoms with Gasteiger partial charge in [-0.3, -0.25) is 20.0 Å². The highest BCUT2D eigenvalue weighted by Gasteiger charge is 2.26. The van der Waals surface area contributed by atoms with E-state index in [9.17, 15) is 19.7 Å². The molecule has 11 heteroatoms. The standard InChI is InChI=1S/C20H19ClN6O4/c21-13-3-1-4-14(11-13)22-20(29)26-8-2-7-25(9-10-26)19(28)18-16-12-15(27(30)31)5-6-17(16)23-24-18/h1,3-6,11-12H,2,7-10H2,(H,22,29)(H,23,24). The van der Waals surface area contributed by atoms with E-state index in [1.54, 1.807) is 34.1 Å². The Labute approximate surface area is 181 Å². The van der Waals surface area contributed by atoms with Crippen molar-refractivity contribution >= 4 is 45.8 Å². The molecule has 0 saturated carbocycles. The van der Waals surface area contributed by atoms with Crippen molar-refractivity contribution < 1.29 is 14.5 Å². The van der Waals surface area contributed by atoms with Crippen LogP contribution in [-0.2, 0) is 0 Å². The van der Waals surface area contributed by atoms with Crippen LogP contribution in [0.2, 0.25) is 5.02 Å². The summed E-state index contributed by atoms with van der Waals surface area (Å²) in [5.41, 5.74) is 1.17. The maximum atomic E-state index is 13.1. The third kappa shape index (κ3) is 4.43. The van der Waals surface area contributed by atoms with Crippen LogP contribution < -0.4 is 5.32 Å². The molecule has 1 fully saturated rings. The fourth-order valence-electron chi connectivity index (χ4n) is 3.52. The highest BCUT2D eigenvalue weighted by Crippen LogP contribution is 2.23. The van der Waals surface area contributed by atoms with Crippen molar-refractivity contribution in [2.45, 2.75) is 6.42 Å². The number of nitrogens with zero attached hydrogens (tertiary/aromatic N) is 4. The molecule has 0 radical (unpaired) electrons. The van der Waals surface area contributed by atoms with Crippen LogP contribution in [0.4, 0.5) is 16.2 Å². The van der Waals surface area contributed by atoms with Crippen LogP contribution in [0.1, 0.15) is 16.9 Å². The van der Waals surface area contributed by atoms with Crippen molar-refractivity contribution in [3.8, 4) is 0 Å². The summed E-state index contributed by atoms with van der Waals surface area (Å²) in [6.45, 7) is 1.61. The van der Waals surface area contributed by atoms with Gasteiger partial charge in [0.05, 0.1) is 10.4 Å². The molecule has 1 aliphatic rings. The zero-order valence-corrected chi connectivity index (χ0v) is 17.1. The number of rotatable bonds is 3. The molecule has 0 aliphatic carbocycles. The van der Waals surface area contributed by atoms with E-state index >= 15 is 0 Å². The van der Waals surface area contributed by atoms with E-state index in [0.717, 1.165) is 0 Å². The fourth-order valence-corrected chi connectivity index (χ4v) is 3.71. The molecule has 0 spiro atoms. The van der Waals surface area contributed by atoms with E-state index in [1.807, 2.05) is 0 Å². The first-order valence-corrected chi connectivity index (χ1v) is 10.0. The van der Waals surface area contributed by atoms with Crippen LogP contribution in [0, 0.1) is 10.1 Å². The number of nitro benzene ring substituents is 1. The Balaban J connectivity index is 1.45. The van der Waals surface area contributed by atoms with E-state index in [2.05, 4.69) is 15.5 Å². The van der Waals surface area contributed by atoms with Crippen LogP contribution in [-0.4, -0.2) is 63.0 Å². The molecule has 3 amide bonds. The first-order valence-electron chi connectivity index (χ1n) is 9.65. The number of anilines is 1. The minimum absolute atomic E-state index is 0.109. The number of H-pyrrole nitrogens is 1. The number of hydrogen-bond acceptors (Lipinski definition) is 5. The van der Waals surface area contributed by atoms with Crippen molar-refractivity contribution in [3.63, 3.8) is 0 Å². The second kappa shape index (κ2) is 8.60. The lowest BCUT2D eigenvalue weighted by Gasteiger charge is -2.22. The van der Waals surface area contributed by atoms with Gasteiger partial charge < -0.3 is 15.1 Å². The number of amides is 3. The zero-order valence-electron chi connectivity index (χ0n) is 16.4. The maximum Gasteiger partial charge on any atom is 0.321 e. The van der Waals surface area contributed by atoms with Crippen LogP contribution in [0.3, 0.4) is 0 Å². The Morgan fingerprint density at radius 2 is 1.87 bits per heavy atom. The molecule has 1 aromatic heterocycles. The smallest absolute Gasteiger partial charge is 0.321 e. The largest absolute Gasteiger partial charge is 0.335 e. The van der Waals surface area contributed by atoms with E-state index in [-0.39, 0.29) is 23.3 Å². The molecule has 31 heavy (non-hydrogen) atoms. The van der Waals surface area contributed by atoms with Crippen LogP contribution in [0.15, 0.2) is 42.5 Å². The molecule has 3 aromatic rings. The topological polar surface area (TPSA) is 124 Å². The van der Waals surface area contributed by atoms with Gasteiger partial charge in [-0.15, -0.1) is 0 Å². The number of non-ortho nitro benzene ring substituents is 1. The molecule has 1 saturated heterocycles. The summed E-state index contributed by atoms with van der Waals surface area (Å²) in [5, 5.41) is 21.6. The first-order chi connectivity index (χ1) is 14.9. The van der Waals surface area contributed by atoms with Crippen molar-refractivity contribution in [1.82, 2.24) is 20.0 Å². The number of aromatic amines is 1. The maximum absolute atomic E-state index is 13.1. The van der Waals surface area contributed by atoms with E-state index < -0.39 is 4.92 Å². The van der Waals surface area contributed by atoms with Crippen LogP contribution in [0.5, 0.6) is 0 Å². The van der Waals surface area contributed by atoms with Gasteiger partial charge in [-0.25, -0.2) is 4.79 Å². The minimum Gasteiger partial charge on any atom is -0.335 e. The Bertz CT molecular complexity index is 1160. The highest BCUT2D eigenvalue weighted by molar-refractivity contribution is 6.30. The van der Waals surface area contributed by atoms with E-state index in [1.165, 1.54) is 18.2 Å². The normalized spacial score (nSPS) is 14.4. The minimum atomic E-state index is -0.511. The van der Waals surface area contributed by atoms with Crippen LogP contribution in [0.25, 0.3) is 10.9 Å². The van der Waals surface area contributed by atoms with Gasteiger partial charge in [-0.2, -0.15) is 5.10 Å². The molecular weight excluding hydrogens is 424 g/mol. The number of nitro groups is 1. The average molecular weight is 443 g/mol. The van der Waals surface area contributed by atoms with E-state index in [4.69, 9.17) is 11.6 Å². The molecule has 160 valence electrons. The summed E-state index contributed by atoms with van der Waals surface area (Å²) >= 11 is 5.96. The summed E-state index contributed by atoms with van der Waals surface area (Å²) in [5.74, 6) is -0.330. The third-order valence-electron chi connectivity index (χ3n) is 5.11. The monoisotopic (exact) mass is 442 g/mol. The second-order valence-corrected chi connectivity index (χ2v) is 7.57. The quantitative estimate of drug-likeness (QED) is 0.474. The van der Waals surface area contributed by atoms with Crippen molar-refractivity contribution in [1.29, 1.82) is 0 Å². The number of hydrogen-bond donors (Lipinski definition) is 2. The lowest BCUT2D eigenvalue weighted by atomic mass is 10.1. The summed E-state index contributed by atoms with van der Waals surface area (Å²) in [4.78, 5) is 39.5. The number of halogens is 1. The predicted molar refractivity (Wildman–Crippen MR) is 115 cm³/mol. The predicted octanol–water partition coefficient (Wildman–Crippen LogP) is 3.50. The zero-order chi connectivity index (χ0) is 22.0. The number of nitrogens with one attached hydrogen (secondary N) is 2. The lowest BCUT2D eigenvalue weighted by molar-refractivity contribution is -0.384. The molecule has 0 atom stereocenters. The summed E-state index contributed by atoms with van der Waals surface area (Å²) < 4.78 is 0. The molecule has 1 aliphatic heterocycles. The van der Waals surface area contributed by atoms with Crippen LogP contribution >= 0.6 is 11.6 Å². The molecule has 0 bridgehead atoms. The number of aromatic nitrogens is 2. The Hall–Kier alpha value is -3.66. The van der Waals surface area contributed by atoms with Gasteiger partial charge in [-0.1, -0.05) is 17.7 Å². The molecule has 2 aromatic carbocycles. The number of benzene rings is 2. The van der Waals surface area contributed by atoms with Gasteiger partial charge in [0.1, 0.15) is 0 Å². The van der Waals surface area contributed by atoms with Crippen molar-refractivity contribution in [2.24, 2.45) is 0 Å². The molecule has 4 rings (SSSR count). The highest BCUT2D eigenvalue weighted by atomic mass is 35.5. The molecule has 2 heterocycles. The summed E-state index contributed by atoms with van der Waals surface area (Å²) in [6, 6.07) is 10.8. The van der Waals surface area contributed by atoms with Crippen molar-refractivity contribution in [3.05, 3.63) is 63.3 Å². The Morgan fingerprint density at radius 3 is 2.65 bits per heavy atom. The lowest BCUT2D eigenvalue weighted by Crippen LogP contribution is -2.39. The third-order valence-corrected chi connectivity index (χ3v) is 5.34. The fraction of sp³-hybridized carbons (Fsp3) is 0.250. The van der Waals surface area contributed by atoms with Gasteiger partial charge in [0, 0.05) is 54.4 Å². The molecule has 0 unspecified atom stereocenters. The number of carbonyl (C=O) groups is 2. The van der Waals surface area contributed by atoms with Gasteiger partial charge >= 0.3 is 6.03 Å². The first kappa shape index (κ1) is 20.6. The summed E-state index contributed by atoms with van der Waals surface area (Å²) in [7, 11) is 0. The molecular formula is C20H19ClN6O4. The summed E-state index contributed by atoms with van der Waals surface area (Å²) in [6.07, 6.45) is 0.594.